The maximum absolute atomic E-state index is 11.7. The van der Waals surface area contributed by atoms with Crippen LogP contribution in [-0.2, 0) is 4.79 Å². The van der Waals surface area contributed by atoms with Crippen LogP contribution < -0.4 is 15.1 Å². The van der Waals surface area contributed by atoms with Crippen molar-refractivity contribution in [3.05, 3.63) is 73.4 Å². The van der Waals surface area contributed by atoms with Crippen molar-refractivity contribution in [3.8, 4) is 11.0 Å². The minimum atomic E-state index is -0.833. The number of carboxylic acid groups (broad SMARTS) is 1. The molecular weight excluding hydrogens is 444 g/mol. The number of hydrogen-bond acceptors (Lipinski definition) is 10. The van der Waals surface area contributed by atoms with Gasteiger partial charge in [0.25, 0.3) is 11.7 Å². The summed E-state index contributed by atoms with van der Waals surface area (Å²) in [4.78, 5) is 33.8. The zero-order valence-electron chi connectivity index (χ0n) is 16.7. The van der Waals surface area contributed by atoms with E-state index in [0.29, 0.717) is 10.7 Å². The van der Waals surface area contributed by atoms with Gasteiger partial charge in [-0.3, -0.25) is 30.4 Å². The molecule has 1 aromatic carbocycles. The summed E-state index contributed by atoms with van der Waals surface area (Å²) >= 11 is 0.865. The topological polar surface area (TPSA) is 188 Å². The number of thiazole rings is 1. The van der Waals surface area contributed by atoms with Crippen molar-refractivity contribution >= 4 is 40.6 Å². The third kappa shape index (κ3) is 6.53. The number of non-ortho nitro benzene ring substituents is 1. The third-order valence-electron chi connectivity index (χ3n) is 3.61. The molecule has 0 aliphatic rings. The summed E-state index contributed by atoms with van der Waals surface area (Å²) in [7, 11) is 0. The van der Waals surface area contributed by atoms with Crippen LogP contribution in [0.3, 0.4) is 0 Å². The number of pyridine rings is 1. The van der Waals surface area contributed by atoms with Gasteiger partial charge in [0.05, 0.1) is 34.5 Å². The Morgan fingerprint density at radius 3 is 2.41 bits per heavy atom. The fourth-order valence-electron chi connectivity index (χ4n) is 2.25. The normalized spacial score (nSPS) is 10.3. The second-order valence-corrected chi connectivity index (χ2v) is 7.05. The van der Waals surface area contributed by atoms with E-state index in [1.54, 1.807) is 17.0 Å². The first-order valence-corrected chi connectivity index (χ1v) is 9.47. The standard InChI is InChI=1S/C16H12N6O5S.C2H4O2/c1-10-4-6-20(7-5-10)15-14(28-16(23)18-15)9-17-19-12-3-2-11(21(24)25)8-13(12)22(26)27;1-2(3)4/h2-9,19H,1H3;1H3,(H,3,4). The zero-order chi connectivity index (χ0) is 23.8. The highest BCUT2D eigenvalue weighted by atomic mass is 32.1. The highest BCUT2D eigenvalue weighted by Crippen LogP contribution is 2.29. The van der Waals surface area contributed by atoms with Gasteiger partial charge in [0, 0.05) is 13.0 Å². The SMILES string of the molecule is CC(=O)O.Cc1cc[n+](-c2nc([O-])sc2/C=N/Nc2ccc([N+](=O)[O-])cc2[N+](=O)[O-])cc1. The Kier molecular flexibility index (Phi) is 7.84. The molecule has 0 saturated carbocycles. The van der Waals surface area contributed by atoms with E-state index in [1.165, 1.54) is 12.3 Å². The molecule has 0 spiro atoms. The van der Waals surface area contributed by atoms with Crippen LogP contribution in [0.1, 0.15) is 17.4 Å². The van der Waals surface area contributed by atoms with E-state index in [2.05, 4.69) is 15.5 Å². The molecule has 0 aliphatic carbocycles. The van der Waals surface area contributed by atoms with E-state index in [1.807, 2.05) is 19.1 Å². The van der Waals surface area contributed by atoms with Crippen molar-refractivity contribution < 1.29 is 29.4 Å². The number of aryl methyl sites for hydroxylation is 1. The van der Waals surface area contributed by atoms with Crippen molar-refractivity contribution in [1.82, 2.24) is 4.98 Å². The van der Waals surface area contributed by atoms with E-state index >= 15 is 0 Å². The molecule has 0 radical (unpaired) electrons. The van der Waals surface area contributed by atoms with Gasteiger partial charge in [0.2, 0.25) is 0 Å². The predicted octanol–water partition coefficient (Wildman–Crippen LogP) is 2.16. The number of nitrogens with zero attached hydrogens (tertiary/aromatic N) is 5. The van der Waals surface area contributed by atoms with Crippen LogP contribution in [0.25, 0.3) is 5.82 Å². The highest BCUT2D eigenvalue weighted by Gasteiger charge is 2.20. The fraction of sp³-hybridized carbons (Fsp3) is 0.111. The van der Waals surface area contributed by atoms with Gasteiger partial charge >= 0.3 is 11.5 Å². The quantitative estimate of drug-likeness (QED) is 0.240. The van der Waals surface area contributed by atoms with E-state index in [0.717, 1.165) is 36.0 Å². The lowest BCUT2D eigenvalue weighted by atomic mass is 10.2. The van der Waals surface area contributed by atoms with E-state index in [9.17, 15) is 25.3 Å². The second kappa shape index (κ2) is 10.5. The molecule has 166 valence electrons. The molecule has 0 unspecified atom stereocenters. The van der Waals surface area contributed by atoms with E-state index in [-0.39, 0.29) is 5.69 Å². The van der Waals surface area contributed by atoms with Gasteiger partial charge < -0.3 is 10.2 Å². The molecule has 2 aromatic heterocycles. The second-order valence-electron chi connectivity index (χ2n) is 6.06. The number of nitro benzene ring substituents is 2. The van der Waals surface area contributed by atoms with Crippen molar-refractivity contribution in [2.24, 2.45) is 5.10 Å². The molecule has 32 heavy (non-hydrogen) atoms. The van der Waals surface area contributed by atoms with Crippen molar-refractivity contribution in [2.75, 3.05) is 5.43 Å². The summed E-state index contributed by atoms with van der Waals surface area (Å²) in [6, 6.07) is 6.86. The zero-order valence-corrected chi connectivity index (χ0v) is 17.5. The van der Waals surface area contributed by atoms with Crippen molar-refractivity contribution in [2.45, 2.75) is 13.8 Å². The number of aromatic nitrogens is 2. The van der Waals surface area contributed by atoms with Crippen LogP contribution in [0.5, 0.6) is 5.19 Å². The number of nitro groups is 2. The number of aliphatic carboxylic acids is 1. The van der Waals surface area contributed by atoms with E-state index < -0.39 is 32.4 Å². The van der Waals surface area contributed by atoms with E-state index in [4.69, 9.17) is 9.90 Å². The molecule has 2 N–H and O–H groups in total. The van der Waals surface area contributed by atoms with Gasteiger partial charge in [-0.2, -0.15) is 5.10 Å². The third-order valence-corrected chi connectivity index (χ3v) is 4.38. The molecule has 0 saturated heterocycles. The molecule has 0 atom stereocenters. The van der Waals surface area contributed by atoms with Crippen LogP contribution in [0.15, 0.2) is 47.8 Å². The Hall–Kier alpha value is -4.46. The number of carboxylic acids is 1. The lowest BCUT2D eigenvalue weighted by molar-refractivity contribution is -0.599. The van der Waals surface area contributed by atoms with Gasteiger partial charge in [0.1, 0.15) is 10.6 Å². The predicted molar refractivity (Wildman–Crippen MR) is 112 cm³/mol. The van der Waals surface area contributed by atoms with Gasteiger partial charge in [-0.1, -0.05) is 11.3 Å². The summed E-state index contributed by atoms with van der Waals surface area (Å²) in [6.07, 6.45) is 4.80. The number of hydrogen-bond donors (Lipinski definition) is 2. The van der Waals surface area contributed by atoms with Crippen LogP contribution in [0, 0.1) is 27.2 Å². The molecule has 13 nitrogen and oxygen atoms in total. The summed E-state index contributed by atoms with van der Waals surface area (Å²) in [6.45, 7) is 3.01. The van der Waals surface area contributed by atoms with Crippen LogP contribution in [0.4, 0.5) is 17.1 Å². The maximum Gasteiger partial charge on any atom is 0.346 e. The van der Waals surface area contributed by atoms with Gasteiger partial charge in [-0.15, -0.1) is 0 Å². The number of anilines is 1. The van der Waals surface area contributed by atoms with Crippen LogP contribution >= 0.6 is 11.3 Å². The summed E-state index contributed by atoms with van der Waals surface area (Å²) in [5, 5.41) is 44.5. The average Bonchev–Trinajstić information content (AvgIpc) is 3.08. The van der Waals surface area contributed by atoms with Gasteiger partial charge in [-0.25, -0.2) is 4.57 Å². The lowest BCUT2D eigenvalue weighted by Gasteiger charge is -2.01. The highest BCUT2D eigenvalue weighted by molar-refractivity contribution is 7.15. The minimum absolute atomic E-state index is 0.0248. The summed E-state index contributed by atoms with van der Waals surface area (Å²) < 4.78 is 1.65. The number of carbonyl (C=O) groups is 1. The fourth-order valence-corrected chi connectivity index (χ4v) is 2.92. The number of benzene rings is 1. The molecule has 2 heterocycles. The Morgan fingerprint density at radius 2 is 1.84 bits per heavy atom. The monoisotopic (exact) mass is 460 g/mol. The first-order chi connectivity index (χ1) is 15.1. The molecule has 0 bridgehead atoms. The molecule has 0 amide bonds. The lowest BCUT2D eigenvalue weighted by Crippen LogP contribution is -2.31. The first kappa shape index (κ1) is 23.8. The largest absolute Gasteiger partial charge is 0.831 e. The number of rotatable bonds is 6. The summed E-state index contributed by atoms with van der Waals surface area (Å²) in [5.41, 5.74) is 2.60. The first-order valence-electron chi connectivity index (χ1n) is 8.66. The molecule has 0 aliphatic heterocycles. The van der Waals surface area contributed by atoms with Crippen LogP contribution in [-0.4, -0.2) is 32.1 Å². The Labute approximate surface area is 184 Å². The van der Waals surface area contributed by atoms with Crippen molar-refractivity contribution in [1.29, 1.82) is 0 Å². The van der Waals surface area contributed by atoms with Crippen LogP contribution in [0.2, 0.25) is 0 Å². The van der Waals surface area contributed by atoms with Gasteiger partial charge in [0.15, 0.2) is 5.19 Å². The number of nitrogens with one attached hydrogen (secondary N) is 1. The number of hydrazone groups is 1. The minimum Gasteiger partial charge on any atom is -0.831 e. The summed E-state index contributed by atoms with van der Waals surface area (Å²) in [5.74, 6) is -0.459. The Morgan fingerprint density at radius 1 is 1.22 bits per heavy atom. The molecular formula is C18H16N6O7S. The maximum atomic E-state index is 11.7. The molecule has 3 aromatic rings. The van der Waals surface area contributed by atoms with Gasteiger partial charge in [-0.05, 0) is 35.7 Å². The molecule has 14 heteroatoms. The smallest absolute Gasteiger partial charge is 0.346 e. The molecule has 3 rings (SSSR count). The Bertz CT molecular complexity index is 1170. The average molecular weight is 460 g/mol. The molecule has 0 fully saturated rings. The van der Waals surface area contributed by atoms with Crippen molar-refractivity contribution in [3.63, 3.8) is 0 Å². The Balaban J connectivity index is 0.000000837.